The van der Waals surface area contributed by atoms with Crippen LogP contribution in [0.1, 0.15) is 5.56 Å². The summed E-state index contributed by atoms with van der Waals surface area (Å²) in [4.78, 5) is 0.565. The molecule has 13 heavy (non-hydrogen) atoms. The average Bonchev–Trinajstić information content (AvgIpc) is 2.53. The fraction of sp³-hybridized carbons (Fsp3) is 0.111. The van der Waals surface area contributed by atoms with E-state index in [1.54, 1.807) is 0 Å². The van der Waals surface area contributed by atoms with E-state index in [4.69, 9.17) is 5.21 Å². The van der Waals surface area contributed by atoms with Gasteiger partial charge in [0.1, 0.15) is 5.69 Å². The third-order valence-corrected chi connectivity index (χ3v) is 1.83. The maximum absolute atomic E-state index is 8.86. The van der Waals surface area contributed by atoms with E-state index in [0.29, 0.717) is 10.7 Å². The zero-order valence-corrected chi connectivity index (χ0v) is 7.18. The number of hydrogen-bond acceptors (Lipinski definition) is 3. The Morgan fingerprint density at radius 1 is 1.23 bits per heavy atom. The molecular formula is C9H9N3O. The molecule has 2 rings (SSSR count). The molecule has 2 aromatic rings. The maximum atomic E-state index is 8.86. The van der Waals surface area contributed by atoms with Gasteiger partial charge >= 0.3 is 0 Å². The second kappa shape index (κ2) is 2.90. The van der Waals surface area contributed by atoms with Crippen LogP contribution in [-0.2, 0) is 0 Å². The molecule has 0 aliphatic rings. The SMILES string of the molecule is Cc1ccc(-c2cnn(O)n2)cc1. The van der Waals surface area contributed by atoms with Crippen LogP contribution in [0.2, 0.25) is 0 Å². The van der Waals surface area contributed by atoms with E-state index >= 15 is 0 Å². The van der Waals surface area contributed by atoms with E-state index in [1.807, 2.05) is 31.2 Å². The molecule has 0 aliphatic carbocycles. The zero-order chi connectivity index (χ0) is 9.26. The van der Waals surface area contributed by atoms with E-state index in [-0.39, 0.29) is 0 Å². The van der Waals surface area contributed by atoms with Gasteiger partial charge in [0, 0.05) is 5.56 Å². The Morgan fingerprint density at radius 2 is 1.92 bits per heavy atom. The number of benzene rings is 1. The first-order valence-electron chi connectivity index (χ1n) is 3.94. The van der Waals surface area contributed by atoms with Crippen molar-refractivity contribution in [2.75, 3.05) is 0 Å². The molecule has 0 aliphatic heterocycles. The van der Waals surface area contributed by atoms with Crippen LogP contribution in [0.3, 0.4) is 0 Å². The highest BCUT2D eigenvalue weighted by molar-refractivity contribution is 5.57. The first-order valence-corrected chi connectivity index (χ1v) is 3.94. The minimum Gasteiger partial charge on any atom is -0.396 e. The molecular weight excluding hydrogens is 166 g/mol. The van der Waals surface area contributed by atoms with Crippen LogP contribution in [0.4, 0.5) is 0 Å². The van der Waals surface area contributed by atoms with Gasteiger partial charge in [0.15, 0.2) is 0 Å². The summed E-state index contributed by atoms with van der Waals surface area (Å²) in [6.45, 7) is 2.02. The first kappa shape index (κ1) is 7.79. The van der Waals surface area contributed by atoms with E-state index in [0.717, 1.165) is 5.56 Å². The Kier molecular flexibility index (Phi) is 1.73. The quantitative estimate of drug-likeness (QED) is 0.668. The van der Waals surface area contributed by atoms with Gasteiger partial charge in [0.2, 0.25) is 0 Å². The number of aromatic nitrogens is 3. The molecule has 1 heterocycles. The summed E-state index contributed by atoms with van der Waals surface area (Å²) >= 11 is 0. The second-order valence-corrected chi connectivity index (χ2v) is 2.86. The molecule has 1 aromatic carbocycles. The summed E-state index contributed by atoms with van der Waals surface area (Å²) < 4.78 is 0. The van der Waals surface area contributed by atoms with Crippen molar-refractivity contribution in [2.45, 2.75) is 6.92 Å². The van der Waals surface area contributed by atoms with Crippen molar-refractivity contribution in [2.24, 2.45) is 0 Å². The van der Waals surface area contributed by atoms with Crippen LogP contribution in [0.25, 0.3) is 11.3 Å². The van der Waals surface area contributed by atoms with Crippen LogP contribution in [-0.4, -0.2) is 20.4 Å². The van der Waals surface area contributed by atoms with Crippen LogP contribution < -0.4 is 0 Å². The Labute approximate surface area is 75.4 Å². The Morgan fingerprint density at radius 3 is 2.46 bits per heavy atom. The summed E-state index contributed by atoms with van der Waals surface area (Å²) in [6, 6.07) is 7.87. The van der Waals surface area contributed by atoms with Crippen molar-refractivity contribution < 1.29 is 5.21 Å². The van der Waals surface area contributed by atoms with Gasteiger partial charge in [-0.3, -0.25) is 0 Å². The van der Waals surface area contributed by atoms with Crippen molar-refractivity contribution in [3.8, 4) is 11.3 Å². The molecule has 1 aromatic heterocycles. The molecule has 66 valence electrons. The predicted molar refractivity (Wildman–Crippen MR) is 47.4 cm³/mol. The summed E-state index contributed by atoms with van der Waals surface area (Å²) in [7, 11) is 0. The molecule has 0 atom stereocenters. The topological polar surface area (TPSA) is 50.9 Å². The lowest BCUT2D eigenvalue weighted by molar-refractivity contribution is 0.111. The molecule has 0 saturated heterocycles. The fourth-order valence-corrected chi connectivity index (χ4v) is 1.11. The van der Waals surface area contributed by atoms with Crippen molar-refractivity contribution in [1.29, 1.82) is 0 Å². The monoisotopic (exact) mass is 175 g/mol. The Hall–Kier alpha value is -1.84. The summed E-state index contributed by atoms with van der Waals surface area (Å²) in [5.74, 6) is 0. The molecule has 0 radical (unpaired) electrons. The number of aryl methyl sites for hydroxylation is 1. The smallest absolute Gasteiger partial charge is 0.116 e. The highest BCUT2D eigenvalue weighted by Crippen LogP contribution is 2.15. The van der Waals surface area contributed by atoms with Crippen molar-refractivity contribution in [3.05, 3.63) is 36.0 Å². The normalized spacial score (nSPS) is 10.2. The molecule has 4 nitrogen and oxygen atoms in total. The standard InChI is InChI=1S/C9H9N3O/c1-7-2-4-8(5-3-7)9-6-10-12(13)11-9/h2-6,13H,1H3. The minimum atomic E-state index is 0.565. The van der Waals surface area contributed by atoms with Gasteiger partial charge < -0.3 is 5.21 Å². The van der Waals surface area contributed by atoms with E-state index in [2.05, 4.69) is 10.2 Å². The lowest BCUT2D eigenvalue weighted by Gasteiger charge is -1.95. The van der Waals surface area contributed by atoms with Crippen molar-refractivity contribution >= 4 is 0 Å². The number of nitrogens with zero attached hydrogens (tertiary/aromatic N) is 3. The van der Waals surface area contributed by atoms with Crippen molar-refractivity contribution in [3.63, 3.8) is 0 Å². The molecule has 0 bridgehead atoms. The summed E-state index contributed by atoms with van der Waals surface area (Å²) in [5, 5.41) is 16.2. The van der Waals surface area contributed by atoms with Crippen LogP contribution in [0.15, 0.2) is 30.5 Å². The van der Waals surface area contributed by atoms with Gasteiger partial charge in [-0.1, -0.05) is 29.8 Å². The molecule has 0 amide bonds. The maximum Gasteiger partial charge on any atom is 0.116 e. The van der Waals surface area contributed by atoms with Gasteiger partial charge in [0.25, 0.3) is 0 Å². The predicted octanol–water partition coefficient (Wildman–Crippen LogP) is 1.49. The number of hydrogen-bond donors (Lipinski definition) is 1. The molecule has 0 saturated carbocycles. The Bertz CT molecular complexity index is 405. The minimum absolute atomic E-state index is 0.565. The van der Waals surface area contributed by atoms with Gasteiger partial charge in [-0.05, 0) is 11.9 Å². The molecule has 1 N–H and O–H groups in total. The molecule has 0 spiro atoms. The Balaban J connectivity index is 2.41. The van der Waals surface area contributed by atoms with E-state index < -0.39 is 0 Å². The van der Waals surface area contributed by atoms with Crippen LogP contribution in [0.5, 0.6) is 0 Å². The van der Waals surface area contributed by atoms with Crippen LogP contribution in [0, 0.1) is 6.92 Å². The molecule has 0 unspecified atom stereocenters. The van der Waals surface area contributed by atoms with Gasteiger partial charge in [-0.25, -0.2) is 0 Å². The third kappa shape index (κ3) is 1.51. The van der Waals surface area contributed by atoms with E-state index in [9.17, 15) is 0 Å². The highest BCUT2D eigenvalue weighted by Gasteiger charge is 2.01. The molecule has 4 heteroatoms. The average molecular weight is 175 g/mol. The van der Waals surface area contributed by atoms with Crippen LogP contribution >= 0.6 is 0 Å². The zero-order valence-electron chi connectivity index (χ0n) is 7.18. The molecule has 0 fully saturated rings. The van der Waals surface area contributed by atoms with E-state index in [1.165, 1.54) is 11.8 Å². The second-order valence-electron chi connectivity index (χ2n) is 2.86. The fourth-order valence-electron chi connectivity index (χ4n) is 1.11. The summed E-state index contributed by atoms with van der Waals surface area (Å²) in [6.07, 6.45) is 1.52. The van der Waals surface area contributed by atoms with Crippen molar-refractivity contribution in [1.82, 2.24) is 15.2 Å². The van der Waals surface area contributed by atoms with Gasteiger partial charge in [-0.15, -0.1) is 10.2 Å². The lowest BCUT2D eigenvalue weighted by atomic mass is 10.1. The first-order chi connectivity index (χ1) is 6.25. The van der Waals surface area contributed by atoms with Gasteiger partial charge in [0.05, 0.1) is 6.20 Å². The summed E-state index contributed by atoms with van der Waals surface area (Å²) in [5.41, 5.74) is 2.81. The number of rotatable bonds is 1. The van der Waals surface area contributed by atoms with Gasteiger partial charge in [-0.2, -0.15) is 0 Å². The third-order valence-electron chi connectivity index (χ3n) is 1.83. The largest absolute Gasteiger partial charge is 0.396 e. The highest BCUT2D eigenvalue weighted by atomic mass is 16.5. The lowest BCUT2D eigenvalue weighted by Crippen LogP contribution is -1.93.